The highest BCUT2D eigenvalue weighted by Gasteiger charge is 2.19. The third-order valence-corrected chi connectivity index (χ3v) is 2.78. The van der Waals surface area contributed by atoms with E-state index in [0.717, 1.165) is 11.3 Å². The van der Waals surface area contributed by atoms with Crippen molar-refractivity contribution in [2.24, 2.45) is 5.73 Å². The Morgan fingerprint density at radius 2 is 1.78 bits per heavy atom. The van der Waals surface area contributed by atoms with Gasteiger partial charge < -0.3 is 20.1 Å². The molecule has 1 rings (SSSR count). The number of carbonyl (C=O) groups is 1. The summed E-state index contributed by atoms with van der Waals surface area (Å²) in [6, 6.07) is 3.07. The Balaban J connectivity index is 3.21. The van der Waals surface area contributed by atoms with Crippen molar-refractivity contribution >= 4 is 11.6 Å². The predicted molar refractivity (Wildman–Crippen MR) is 71.3 cm³/mol. The van der Waals surface area contributed by atoms with Gasteiger partial charge in [-0.3, -0.25) is 4.79 Å². The van der Waals surface area contributed by atoms with Gasteiger partial charge in [0.05, 0.1) is 25.9 Å². The molecule has 0 radical (unpaired) electrons. The standard InChI is InChI=1S/C13H20N2O3/c1-8-6-11(17-4)12(18-5)7-10(8)15(3)13(16)9(2)14/h6-7,9H,14H2,1-5H3. The Bertz CT molecular complexity index is 444. The molecule has 1 atom stereocenters. The van der Waals surface area contributed by atoms with Crippen LogP contribution in [0.1, 0.15) is 12.5 Å². The first-order valence-corrected chi connectivity index (χ1v) is 5.68. The Morgan fingerprint density at radius 1 is 1.28 bits per heavy atom. The number of aryl methyl sites for hydroxylation is 1. The van der Waals surface area contributed by atoms with Crippen LogP contribution in [0.4, 0.5) is 5.69 Å². The molecule has 0 saturated carbocycles. The summed E-state index contributed by atoms with van der Waals surface area (Å²) in [4.78, 5) is 13.4. The van der Waals surface area contributed by atoms with Gasteiger partial charge in [0.1, 0.15) is 0 Å². The van der Waals surface area contributed by atoms with Gasteiger partial charge >= 0.3 is 0 Å². The van der Waals surface area contributed by atoms with Crippen LogP contribution in [0.2, 0.25) is 0 Å². The van der Waals surface area contributed by atoms with Gasteiger partial charge in [-0.25, -0.2) is 0 Å². The van der Waals surface area contributed by atoms with Crippen molar-refractivity contribution in [3.8, 4) is 11.5 Å². The summed E-state index contributed by atoms with van der Waals surface area (Å²) in [5, 5.41) is 0. The van der Waals surface area contributed by atoms with E-state index in [-0.39, 0.29) is 5.91 Å². The quantitative estimate of drug-likeness (QED) is 0.877. The molecule has 100 valence electrons. The van der Waals surface area contributed by atoms with Crippen molar-refractivity contribution in [3.63, 3.8) is 0 Å². The van der Waals surface area contributed by atoms with Crippen LogP contribution in [0, 0.1) is 6.92 Å². The number of rotatable bonds is 4. The van der Waals surface area contributed by atoms with Crippen LogP contribution >= 0.6 is 0 Å². The molecular formula is C13H20N2O3. The van der Waals surface area contributed by atoms with Crippen molar-refractivity contribution in [1.82, 2.24) is 0 Å². The third-order valence-electron chi connectivity index (χ3n) is 2.78. The molecule has 0 bridgehead atoms. The van der Waals surface area contributed by atoms with Crippen molar-refractivity contribution in [3.05, 3.63) is 17.7 Å². The minimum absolute atomic E-state index is 0.148. The number of nitrogens with zero attached hydrogens (tertiary/aromatic N) is 1. The number of benzene rings is 1. The summed E-state index contributed by atoms with van der Waals surface area (Å²) in [5.41, 5.74) is 7.28. The van der Waals surface area contributed by atoms with Gasteiger partial charge in [-0.15, -0.1) is 0 Å². The van der Waals surface area contributed by atoms with Crippen LogP contribution in [0.25, 0.3) is 0 Å². The smallest absolute Gasteiger partial charge is 0.243 e. The number of amides is 1. The van der Waals surface area contributed by atoms with E-state index in [9.17, 15) is 4.79 Å². The zero-order valence-electron chi connectivity index (χ0n) is 11.5. The van der Waals surface area contributed by atoms with E-state index in [1.807, 2.05) is 13.0 Å². The highest BCUT2D eigenvalue weighted by molar-refractivity contribution is 5.97. The van der Waals surface area contributed by atoms with Gasteiger partial charge in [0.2, 0.25) is 5.91 Å². The van der Waals surface area contributed by atoms with Crippen LogP contribution in [0.3, 0.4) is 0 Å². The molecular weight excluding hydrogens is 232 g/mol. The first kappa shape index (κ1) is 14.3. The lowest BCUT2D eigenvalue weighted by molar-refractivity contribution is -0.119. The third kappa shape index (κ3) is 2.73. The van der Waals surface area contributed by atoms with Gasteiger partial charge in [0, 0.05) is 13.1 Å². The normalized spacial score (nSPS) is 11.9. The SMILES string of the molecule is COc1cc(C)c(N(C)C(=O)C(C)N)cc1OC. The first-order chi connectivity index (χ1) is 8.42. The molecule has 0 heterocycles. The minimum Gasteiger partial charge on any atom is -0.493 e. The van der Waals surface area contributed by atoms with E-state index in [0.29, 0.717) is 11.5 Å². The van der Waals surface area contributed by atoms with E-state index in [1.165, 1.54) is 4.90 Å². The zero-order valence-corrected chi connectivity index (χ0v) is 11.5. The van der Waals surface area contributed by atoms with Crippen molar-refractivity contribution in [1.29, 1.82) is 0 Å². The van der Waals surface area contributed by atoms with E-state index < -0.39 is 6.04 Å². The number of nitrogens with two attached hydrogens (primary N) is 1. The fourth-order valence-corrected chi connectivity index (χ4v) is 1.76. The van der Waals surface area contributed by atoms with Gasteiger partial charge in [0.25, 0.3) is 0 Å². The lowest BCUT2D eigenvalue weighted by Gasteiger charge is -2.22. The average Bonchev–Trinajstić information content (AvgIpc) is 2.36. The second-order valence-corrected chi connectivity index (χ2v) is 4.18. The van der Waals surface area contributed by atoms with Crippen molar-refractivity contribution in [2.45, 2.75) is 19.9 Å². The molecule has 5 nitrogen and oxygen atoms in total. The summed E-state index contributed by atoms with van der Waals surface area (Å²) < 4.78 is 10.4. The Hall–Kier alpha value is -1.75. The van der Waals surface area contributed by atoms with Crippen LogP contribution in [0.15, 0.2) is 12.1 Å². The maximum Gasteiger partial charge on any atom is 0.243 e. The fraction of sp³-hybridized carbons (Fsp3) is 0.462. The van der Waals surface area contributed by atoms with Gasteiger partial charge in [0.15, 0.2) is 11.5 Å². The fourth-order valence-electron chi connectivity index (χ4n) is 1.76. The van der Waals surface area contributed by atoms with Crippen molar-refractivity contribution in [2.75, 3.05) is 26.2 Å². The second-order valence-electron chi connectivity index (χ2n) is 4.18. The Labute approximate surface area is 107 Å². The molecule has 18 heavy (non-hydrogen) atoms. The van der Waals surface area contributed by atoms with E-state index in [1.54, 1.807) is 34.3 Å². The molecule has 1 aromatic rings. The van der Waals surface area contributed by atoms with Crippen LogP contribution < -0.4 is 20.1 Å². The summed E-state index contributed by atoms with van der Waals surface area (Å²) in [6.45, 7) is 3.57. The largest absolute Gasteiger partial charge is 0.493 e. The Kier molecular flexibility index (Phi) is 4.55. The molecule has 0 aliphatic carbocycles. The monoisotopic (exact) mass is 252 g/mol. The number of carbonyl (C=O) groups excluding carboxylic acids is 1. The highest BCUT2D eigenvalue weighted by atomic mass is 16.5. The number of hydrogen-bond donors (Lipinski definition) is 1. The van der Waals surface area contributed by atoms with Gasteiger partial charge in [-0.2, -0.15) is 0 Å². The van der Waals surface area contributed by atoms with E-state index in [4.69, 9.17) is 15.2 Å². The summed E-state index contributed by atoms with van der Waals surface area (Å²) >= 11 is 0. The molecule has 0 aliphatic heterocycles. The maximum absolute atomic E-state index is 11.9. The lowest BCUT2D eigenvalue weighted by atomic mass is 10.1. The van der Waals surface area contributed by atoms with Crippen LogP contribution in [-0.2, 0) is 4.79 Å². The summed E-state index contributed by atoms with van der Waals surface area (Å²) in [5.74, 6) is 1.08. The van der Waals surface area contributed by atoms with Crippen LogP contribution in [0.5, 0.6) is 11.5 Å². The number of anilines is 1. The van der Waals surface area contributed by atoms with Crippen molar-refractivity contribution < 1.29 is 14.3 Å². The molecule has 0 saturated heterocycles. The maximum atomic E-state index is 11.9. The first-order valence-electron chi connectivity index (χ1n) is 5.68. The Morgan fingerprint density at radius 3 is 2.22 bits per heavy atom. The number of methoxy groups -OCH3 is 2. The number of hydrogen-bond acceptors (Lipinski definition) is 4. The molecule has 2 N–H and O–H groups in total. The zero-order chi connectivity index (χ0) is 13.9. The summed E-state index contributed by atoms with van der Waals surface area (Å²) in [7, 11) is 4.83. The number of ether oxygens (including phenoxy) is 2. The molecule has 5 heteroatoms. The second kappa shape index (κ2) is 5.73. The molecule has 0 aliphatic rings. The van der Waals surface area contributed by atoms with E-state index >= 15 is 0 Å². The van der Waals surface area contributed by atoms with E-state index in [2.05, 4.69) is 0 Å². The predicted octanol–water partition coefficient (Wildman–Crippen LogP) is 1.32. The van der Waals surface area contributed by atoms with Crippen LogP contribution in [-0.4, -0.2) is 33.2 Å². The molecule has 0 aromatic heterocycles. The summed E-state index contributed by atoms with van der Waals surface area (Å²) in [6.07, 6.45) is 0. The topological polar surface area (TPSA) is 64.8 Å². The average molecular weight is 252 g/mol. The molecule has 1 aromatic carbocycles. The number of likely N-dealkylation sites (N-methyl/N-ethyl adjacent to an activating group) is 1. The molecule has 0 fully saturated rings. The lowest BCUT2D eigenvalue weighted by Crippen LogP contribution is -2.40. The van der Waals surface area contributed by atoms with Gasteiger partial charge in [-0.05, 0) is 25.5 Å². The molecule has 1 amide bonds. The molecule has 1 unspecified atom stereocenters. The van der Waals surface area contributed by atoms with Gasteiger partial charge in [-0.1, -0.05) is 0 Å². The minimum atomic E-state index is -0.539. The highest BCUT2D eigenvalue weighted by Crippen LogP contribution is 2.34. The molecule has 0 spiro atoms.